The predicted molar refractivity (Wildman–Crippen MR) is 92.3 cm³/mol. The van der Waals surface area contributed by atoms with Crippen LogP contribution in [0.3, 0.4) is 0 Å². The number of nitrogens with one attached hydrogen (secondary N) is 1. The Morgan fingerprint density at radius 2 is 1.96 bits per heavy atom. The van der Waals surface area contributed by atoms with Gasteiger partial charge in [-0.3, -0.25) is 4.79 Å². The zero-order valence-corrected chi connectivity index (χ0v) is 13.4. The number of fused-ring (bicyclic) bond motifs is 1. The summed E-state index contributed by atoms with van der Waals surface area (Å²) in [7, 11) is 0. The fourth-order valence-electron chi connectivity index (χ4n) is 2.91. The largest absolute Gasteiger partial charge is 0.491 e. The summed E-state index contributed by atoms with van der Waals surface area (Å²) in [5.41, 5.74) is 3.22. The molecule has 0 aliphatic carbocycles. The van der Waals surface area contributed by atoms with Gasteiger partial charge in [-0.25, -0.2) is 0 Å². The highest BCUT2D eigenvalue weighted by Gasteiger charge is 2.14. The number of ketones is 1. The highest BCUT2D eigenvalue weighted by Crippen LogP contribution is 2.22. The fourth-order valence-corrected chi connectivity index (χ4v) is 2.91. The number of hydrogen-bond donors (Lipinski definition) is 1. The minimum atomic E-state index is 0.0323. The van der Waals surface area contributed by atoms with Crippen LogP contribution in [0, 0.1) is 0 Å². The van der Waals surface area contributed by atoms with Gasteiger partial charge in [0.05, 0.1) is 12.1 Å². The molecule has 0 unspecified atom stereocenters. The molecule has 2 aromatic carbocycles. The minimum Gasteiger partial charge on any atom is -0.491 e. The Balaban J connectivity index is 1.66. The van der Waals surface area contributed by atoms with E-state index in [2.05, 4.69) is 34.5 Å². The normalized spacial score (nSPS) is 14.0. The molecule has 0 bridgehead atoms. The van der Waals surface area contributed by atoms with Crippen LogP contribution in [0.4, 0.5) is 5.69 Å². The molecule has 0 atom stereocenters. The summed E-state index contributed by atoms with van der Waals surface area (Å²) < 4.78 is 5.87. The third-order valence-electron chi connectivity index (χ3n) is 4.09. The van der Waals surface area contributed by atoms with E-state index in [4.69, 9.17) is 4.74 Å². The smallest absolute Gasteiger partial charge is 0.163 e. The molecule has 1 aliphatic rings. The number of rotatable bonds is 5. The van der Waals surface area contributed by atoms with Crippen LogP contribution in [-0.2, 0) is 6.54 Å². The lowest BCUT2D eigenvalue weighted by atomic mass is 10.1. The molecule has 0 amide bonds. The van der Waals surface area contributed by atoms with E-state index in [9.17, 15) is 4.79 Å². The number of carbonyl (C=O) groups excluding carboxylic acids is 1. The summed E-state index contributed by atoms with van der Waals surface area (Å²) >= 11 is 0. The van der Waals surface area contributed by atoms with E-state index in [1.807, 2.05) is 24.3 Å². The SMILES string of the molecule is CC(=O)c1ccccc1OCCN1CCNCc2ccccc21. The number of hydrogen-bond acceptors (Lipinski definition) is 4. The van der Waals surface area contributed by atoms with Crippen LogP contribution in [0.1, 0.15) is 22.8 Å². The van der Waals surface area contributed by atoms with Crippen molar-refractivity contribution in [1.82, 2.24) is 5.32 Å². The summed E-state index contributed by atoms with van der Waals surface area (Å²) in [6, 6.07) is 15.9. The maximum Gasteiger partial charge on any atom is 0.163 e. The zero-order chi connectivity index (χ0) is 16.1. The Kier molecular flexibility index (Phi) is 4.93. The van der Waals surface area contributed by atoms with Crippen LogP contribution >= 0.6 is 0 Å². The lowest BCUT2D eigenvalue weighted by molar-refractivity contribution is 0.101. The van der Waals surface area contributed by atoms with Gasteiger partial charge in [0, 0.05) is 25.3 Å². The molecule has 1 heterocycles. The summed E-state index contributed by atoms with van der Waals surface area (Å²) in [5, 5.41) is 3.44. The predicted octanol–water partition coefficient (Wildman–Crippen LogP) is 2.88. The number of ether oxygens (including phenoxy) is 1. The van der Waals surface area contributed by atoms with Crippen molar-refractivity contribution in [3.63, 3.8) is 0 Å². The highest BCUT2D eigenvalue weighted by atomic mass is 16.5. The second-order valence-electron chi connectivity index (χ2n) is 5.69. The van der Waals surface area contributed by atoms with Crippen LogP contribution in [-0.4, -0.2) is 32.0 Å². The van der Waals surface area contributed by atoms with Crippen LogP contribution in [0.2, 0.25) is 0 Å². The molecule has 2 aromatic rings. The van der Waals surface area contributed by atoms with Gasteiger partial charge in [-0.1, -0.05) is 30.3 Å². The summed E-state index contributed by atoms with van der Waals surface area (Å²) in [5.74, 6) is 0.700. The monoisotopic (exact) mass is 310 g/mol. The van der Waals surface area contributed by atoms with E-state index < -0.39 is 0 Å². The third kappa shape index (κ3) is 3.71. The Morgan fingerprint density at radius 3 is 2.83 bits per heavy atom. The number of anilines is 1. The summed E-state index contributed by atoms with van der Waals surface area (Å²) in [4.78, 5) is 14.0. The lowest BCUT2D eigenvalue weighted by Gasteiger charge is -2.24. The maximum absolute atomic E-state index is 11.6. The molecular weight excluding hydrogens is 288 g/mol. The van der Waals surface area contributed by atoms with E-state index >= 15 is 0 Å². The van der Waals surface area contributed by atoms with Gasteiger partial charge in [-0.2, -0.15) is 0 Å². The van der Waals surface area contributed by atoms with Crippen molar-refractivity contribution >= 4 is 11.5 Å². The Hall–Kier alpha value is -2.33. The highest BCUT2D eigenvalue weighted by molar-refractivity contribution is 5.96. The van der Waals surface area contributed by atoms with Gasteiger partial charge < -0.3 is 15.0 Å². The van der Waals surface area contributed by atoms with Crippen molar-refractivity contribution in [2.75, 3.05) is 31.1 Å². The number of para-hydroxylation sites is 2. The van der Waals surface area contributed by atoms with E-state index in [1.165, 1.54) is 11.3 Å². The molecule has 0 radical (unpaired) electrons. The third-order valence-corrected chi connectivity index (χ3v) is 4.09. The van der Waals surface area contributed by atoms with Crippen LogP contribution in [0.5, 0.6) is 5.75 Å². The number of nitrogens with zero attached hydrogens (tertiary/aromatic N) is 1. The molecule has 120 valence electrons. The van der Waals surface area contributed by atoms with Crippen molar-refractivity contribution in [2.24, 2.45) is 0 Å². The Bertz CT molecular complexity index is 685. The van der Waals surface area contributed by atoms with Crippen LogP contribution in [0.15, 0.2) is 48.5 Å². The number of Topliss-reactive ketones (excluding diaryl/α,β-unsaturated/α-hetero) is 1. The molecule has 0 fully saturated rings. The van der Waals surface area contributed by atoms with Gasteiger partial charge in [0.2, 0.25) is 0 Å². The summed E-state index contributed by atoms with van der Waals surface area (Å²) in [6.45, 7) is 5.73. The Labute approximate surface area is 137 Å². The van der Waals surface area contributed by atoms with Gasteiger partial charge in [0.25, 0.3) is 0 Å². The number of carbonyl (C=O) groups is 1. The maximum atomic E-state index is 11.6. The first kappa shape index (κ1) is 15.6. The molecule has 0 saturated carbocycles. The molecule has 0 spiro atoms. The lowest BCUT2D eigenvalue weighted by Crippen LogP contribution is -2.32. The first-order valence-electron chi connectivity index (χ1n) is 8.02. The topological polar surface area (TPSA) is 41.6 Å². The zero-order valence-electron chi connectivity index (χ0n) is 13.4. The first-order chi connectivity index (χ1) is 11.3. The average molecular weight is 310 g/mol. The number of benzene rings is 2. The van der Waals surface area contributed by atoms with Crippen molar-refractivity contribution in [2.45, 2.75) is 13.5 Å². The van der Waals surface area contributed by atoms with E-state index in [1.54, 1.807) is 6.92 Å². The molecule has 0 aromatic heterocycles. The molecule has 1 aliphatic heterocycles. The van der Waals surface area contributed by atoms with Crippen LogP contribution < -0.4 is 15.0 Å². The van der Waals surface area contributed by atoms with Gasteiger partial charge in [0.15, 0.2) is 5.78 Å². The van der Waals surface area contributed by atoms with Crippen LogP contribution in [0.25, 0.3) is 0 Å². The molecule has 0 saturated heterocycles. The quantitative estimate of drug-likeness (QED) is 0.862. The second kappa shape index (κ2) is 7.29. The fraction of sp³-hybridized carbons (Fsp3) is 0.316. The standard InChI is InChI=1S/C19H22N2O2/c1-15(22)17-7-3-5-9-19(17)23-13-12-21-11-10-20-14-16-6-2-4-8-18(16)21/h2-9,20H,10-14H2,1H3. The van der Waals surface area contributed by atoms with E-state index in [0.29, 0.717) is 17.9 Å². The van der Waals surface area contributed by atoms with E-state index in [0.717, 1.165) is 26.2 Å². The van der Waals surface area contributed by atoms with Crippen molar-refractivity contribution in [1.29, 1.82) is 0 Å². The van der Waals surface area contributed by atoms with Gasteiger partial charge in [-0.15, -0.1) is 0 Å². The van der Waals surface area contributed by atoms with Crippen molar-refractivity contribution in [3.05, 3.63) is 59.7 Å². The average Bonchev–Trinajstić information content (AvgIpc) is 2.78. The summed E-state index contributed by atoms with van der Waals surface area (Å²) in [6.07, 6.45) is 0. The Morgan fingerprint density at radius 1 is 1.17 bits per heavy atom. The van der Waals surface area contributed by atoms with Gasteiger partial charge in [0.1, 0.15) is 12.4 Å². The second-order valence-corrected chi connectivity index (χ2v) is 5.69. The molecule has 23 heavy (non-hydrogen) atoms. The van der Waals surface area contributed by atoms with Crippen molar-refractivity contribution in [3.8, 4) is 5.75 Å². The molecular formula is C19H22N2O2. The minimum absolute atomic E-state index is 0.0323. The first-order valence-corrected chi connectivity index (χ1v) is 8.02. The molecule has 3 rings (SSSR count). The van der Waals surface area contributed by atoms with Gasteiger partial charge >= 0.3 is 0 Å². The van der Waals surface area contributed by atoms with E-state index in [-0.39, 0.29) is 5.78 Å². The van der Waals surface area contributed by atoms with Crippen molar-refractivity contribution < 1.29 is 9.53 Å². The van der Waals surface area contributed by atoms with Gasteiger partial charge in [-0.05, 0) is 30.7 Å². The molecule has 4 heteroatoms. The molecule has 4 nitrogen and oxygen atoms in total. The molecule has 1 N–H and O–H groups in total.